The molecule has 1 aromatic carbocycles. The topological polar surface area (TPSA) is 34.2 Å². The normalized spacial score (nSPS) is 12.3. The van der Waals surface area contributed by atoms with Crippen molar-refractivity contribution in [1.82, 2.24) is 10.3 Å². The van der Waals surface area contributed by atoms with Crippen molar-refractivity contribution in [2.45, 2.75) is 32.7 Å². The molecule has 0 aliphatic rings. The molecule has 0 aliphatic heterocycles. The van der Waals surface area contributed by atoms with Gasteiger partial charge in [-0.2, -0.15) is 0 Å². The first-order valence-corrected chi connectivity index (χ1v) is 7.87. The quantitative estimate of drug-likeness (QED) is 0.843. The Kier molecular flexibility index (Phi) is 5.56. The molecule has 0 radical (unpaired) electrons. The second-order valence-electron chi connectivity index (χ2n) is 4.91. The molecule has 2 aromatic rings. The third-order valence-corrected chi connectivity index (χ3v) is 4.17. The summed E-state index contributed by atoms with van der Waals surface area (Å²) in [6, 6.07) is 6.77. The number of methoxy groups -OCH3 is 1. The minimum absolute atomic E-state index is 0.310. The number of nitrogens with one attached hydrogen (secondary N) is 1. The summed E-state index contributed by atoms with van der Waals surface area (Å²) in [4.78, 5) is 5.47. The molecule has 0 saturated heterocycles. The molecule has 0 bridgehead atoms. The monoisotopic (exact) mass is 290 g/mol. The molecule has 4 heteroatoms. The van der Waals surface area contributed by atoms with Gasteiger partial charge in [0, 0.05) is 23.5 Å². The van der Waals surface area contributed by atoms with Gasteiger partial charge in [0.05, 0.1) is 12.6 Å². The third-order valence-electron chi connectivity index (χ3n) is 3.36. The van der Waals surface area contributed by atoms with Crippen LogP contribution in [0.2, 0.25) is 0 Å². The second kappa shape index (κ2) is 7.41. The van der Waals surface area contributed by atoms with Gasteiger partial charge in [0.2, 0.25) is 0 Å². The summed E-state index contributed by atoms with van der Waals surface area (Å²) in [5, 5.41) is 3.62. The summed E-state index contributed by atoms with van der Waals surface area (Å²) in [6.07, 6.45) is 4.05. The molecule has 0 fully saturated rings. The van der Waals surface area contributed by atoms with E-state index in [2.05, 4.69) is 42.3 Å². The lowest BCUT2D eigenvalue weighted by Gasteiger charge is -2.19. The zero-order chi connectivity index (χ0) is 14.4. The third kappa shape index (κ3) is 3.81. The summed E-state index contributed by atoms with van der Waals surface area (Å²) in [5.74, 6) is 0.954. The summed E-state index contributed by atoms with van der Waals surface area (Å²) in [6.45, 7) is 5.27. The number of nitrogens with zero attached hydrogens (tertiary/aromatic N) is 1. The molecule has 108 valence electrons. The van der Waals surface area contributed by atoms with Crippen LogP contribution in [-0.4, -0.2) is 18.6 Å². The average molecular weight is 290 g/mol. The highest BCUT2D eigenvalue weighted by Gasteiger charge is 2.14. The Morgan fingerprint density at radius 3 is 2.90 bits per heavy atom. The van der Waals surface area contributed by atoms with Gasteiger partial charge in [0.25, 0.3) is 0 Å². The van der Waals surface area contributed by atoms with Gasteiger partial charge in [0.1, 0.15) is 5.75 Å². The minimum Gasteiger partial charge on any atom is -0.496 e. The predicted molar refractivity (Wildman–Crippen MR) is 84.6 cm³/mol. The highest BCUT2D eigenvalue weighted by molar-refractivity contribution is 7.09. The average Bonchev–Trinajstić information content (AvgIpc) is 2.97. The SMILES string of the molecule is CCCNC(Cc1cncs1)c1ccc(C)c(OC)c1. The van der Waals surface area contributed by atoms with E-state index in [9.17, 15) is 0 Å². The van der Waals surface area contributed by atoms with E-state index in [1.54, 1.807) is 18.4 Å². The van der Waals surface area contributed by atoms with Crippen LogP contribution in [-0.2, 0) is 6.42 Å². The fourth-order valence-electron chi connectivity index (χ4n) is 2.22. The van der Waals surface area contributed by atoms with E-state index in [1.807, 2.05) is 11.7 Å². The van der Waals surface area contributed by atoms with Gasteiger partial charge in [-0.1, -0.05) is 19.1 Å². The molecule has 0 aliphatic carbocycles. The van der Waals surface area contributed by atoms with E-state index in [0.717, 1.165) is 25.1 Å². The second-order valence-corrected chi connectivity index (χ2v) is 5.88. The molecule has 0 amide bonds. The van der Waals surface area contributed by atoms with Gasteiger partial charge in [0.15, 0.2) is 0 Å². The first-order valence-electron chi connectivity index (χ1n) is 7.00. The van der Waals surface area contributed by atoms with Gasteiger partial charge >= 0.3 is 0 Å². The van der Waals surface area contributed by atoms with Crippen LogP contribution in [0.1, 0.15) is 35.4 Å². The molecular weight excluding hydrogens is 268 g/mol. The molecule has 1 heterocycles. The summed E-state index contributed by atoms with van der Waals surface area (Å²) < 4.78 is 5.44. The molecule has 3 nitrogen and oxygen atoms in total. The van der Waals surface area contributed by atoms with Crippen LogP contribution in [0, 0.1) is 6.92 Å². The molecule has 2 rings (SSSR count). The number of aryl methyl sites for hydroxylation is 1. The van der Waals surface area contributed by atoms with E-state index in [-0.39, 0.29) is 0 Å². The van der Waals surface area contributed by atoms with E-state index < -0.39 is 0 Å². The number of hydrogen-bond donors (Lipinski definition) is 1. The van der Waals surface area contributed by atoms with E-state index in [4.69, 9.17) is 4.74 Å². The highest BCUT2D eigenvalue weighted by atomic mass is 32.1. The van der Waals surface area contributed by atoms with Crippen LogP contribution in [0.5, 0.6) is 5.75 Å². The van der Waals surface area contributed by atoms with Gasteiger partial charge < -0.3 is 10.1 Å². The number of hydrogen-bond acceptors (Lipinski definition) is 4. The molecule has 0 spiro atoms. The van der Waals surface area contributed by atoms with Crippen molar-refractivity contribution in [2.75, 3.05) is 13.7 Å². The molecular formula is C16H22N2OS. The van der Waals surface area contributed by atoms with Crippen LogP contribution in [0.4, 0.5) is 0 Å². The van der Waals surface area contributed by atoms with Crippen molar-refractivity contribution in [2.24, 2.45) is 0 Å². The van der Waals surface area contributed by atoms with E-state index in [1.165, 1.54) is 16.0 Å². The van der Waals surface area contributed by atoms with Crippen molar-refractivity contribution in [3.63, 3.8) is 0 Å². The summed E-state index contributed by atoms with van der Waals surface area (Å²) in [7, 11) is 1.73. The smallest absolute Gasteiger partial charge is 0.122 e. The summed E-state index contributed by atoms with van der Waals surface area (Å²) >= 11 is 1.71. The Morgan fingerprint density at radius 2 is 2.25 bits per heavy atom. The maximum atomic E-state index is 5.44. The van der Waals surface area contributed by atoms with Gasteiger partial charge in [-0.3, -0.25) is 4.98 Å². The Hall–Kier alpha value is -1.39. The van der Waals surface area contributed by atoms with Crippen molar-refractivity contribution in [3.05, 3.63) is 45.9 Å². The molecule has 20 heavy (non-hydrogen) atoms. The highest BCUT2D eigenvalue weighted by Crippen LogP contribution is 2.26. The predicted octanol–water partition coefficient (Wildman–Crippen LogP) is 3.74. The van der Waals surface area contributed by atoms with Crippen molar-refractivity contribution in [3.8, 4) is 5.75 Å². The fourth-order valence-corrected chi connectivity index (χ4v) is 2.87. The first kappa shape index (κ1) is 15.0. The number of benzene rings is 1. The van der Waals surface area contributed by atoms with Crippen LogP contribution in [0.15, 0.2) is 29.9 Å². The molecule has 1 atom stereocenters. The number of thiazole rings is 1. The van der Waals surface area contributed by atoms with Gasteiger partial charge in [-0.05, 0) is 37.1 Å². The van der Waals surface area contributed by atoms with E-state index in [0.29, 0.717) is 6.04 Å². The van der Waals surface area contributed by atoms with Crippen LogP contribution in [0.3, 0.4) is 0 Å². The van der Waals surface area contributed by atoms with Crippen molar-refractivity contribution in [1.29, 1.82) is 0 Å². The Morgan fingerprint density at radius 1 is 1.40 bits per heavy atom. The molecule has 0 saturated carbocycles. The van der Waals surface area contributed by atoms with Crippen LogP contribution < -0.4 is 10.1 Å². The lowest BCUT2D eigenvalue weighted by Crippen LogP contribution is -2.23. The first-order chi connectivity index (χ1) is 9.74. The van der Waals surface area contributed by atoms with Crippen LogP contribution >= 0.6 is 11.3 Å². The number of ether oxygens (including phenoxy) is 1. The van der Waals surface area contributed by atoms with Gasteiger partial charge in [-0.15, -0.1) is 11.3 Å². The van der Waals surface area contributed by atoms with E-state index >= 15 is 0 Å². The Bertz CT molecular complexity index is 525. The lowest BCUT2D eigenvalue weighted by molar-refractivity contribution is 0.409. The molecule has 1 unspecified atom stereocenters. The largest absolute Gasteiger partial charge is 0.496 e. The molecule has 1 aromatic heterocycles. The Labute approximate surface area is 125 Å². The Balaban J connectivity index is 2.20. The molecule has 1 N–H and O–H groups in total. The van der Waals surface area contributed by atoms with Gasteiger partial charge in [-0.25, -0.2) is 0 Å². The van der Waals surface area contributed by atoms with Crippen molar-refractivity contribution >= 4 is 11.3 Å². The van der Waals surface area contributed by atoms with Crippen LogP contribution in [0.25, 0.3) is 0 Å². The number of aromatic nitrogens is 1. The maximum Gasteiger partial charge on any atom is 0.122 e. The number of rotatable bonds is 7. The zero-order valence-corrected chi connectivity index (χ0v) is 13.2. The summed E-state index contributed by atoms with van der Waals surface area (Å²) in [5.41, 5.74) is 4.33. The lowest BCUT2D eigenvalue weighted by atomic mass is 10.0. The fraction of sp³-hybridized carbons (Fsp3) is 0.438. The minimum atomic E-state index is 0.310. The zero-order valence-electron chi connectivity index (χ0n) is 12.3. The maximum absolute atomic E-state index is 5.44. The van der Waals surface area contributed by atoms with Crippen molar-refractivity contribution < 1.29 is 4.74 Å². The standard InChI is InChI=1S/C16H22N2OS/c1-4-7-18-15(9-14-10-17-11-20-14)13-6-5-12(2)16(8-13)19-3/h5-6,8,10-11,15,18H,4,7,9H2,1-3H3.